The first-order valence-corrected chi connectivity index (χ1v) is 11.2. The zero-order chi connectivity index (χ0) is 23.8. The Morgan fingerprint density at radius 2 is 1.94 bits per heavy atom. The number of nitrogens with one attached hydrogen (secondary N) is 1. The maximum Gasteiger partial charge on any atom is 0.343 e. The zero-order valence-electron chi connectivity index (χ0n) is 17.5. The van der Waals surface area contributed by atoms with Crippen molar-refractivity contribution in [2.45, 2.75) is 6.92 Å². The van der Waals surface area contributed by atoms with Crippen molar-refractivity contribution in [2.24, 2.45) is 10.2 Å². The maximum atomic E-state index is 12.4. The van der Waals surface area contributed by atoms with Crippen LogP contribution in [0, 0.1) is 0 Å². The molecule has 0 unspecified atom stereocenters. The minimum absolute atomic E-state index is 0.153. The number of benzene rings is 2. The average molecular weight is 532 g/mol. The Labute approximate surface area is 202 Å². The molecule has 1 aliphatic rings. The number of hydrogen-bond donors (Lipinski definition) is 1. The van der Waals surface area contributed by atoms with Gasteiger partial charge < -0.3 is 14.2 Å². The predicted molar refractivity (Wildman–Crippen MR) is 128 cm³/mol. The molecule has 0 atom stereocenters. The van der Waals surface area contributed by atoms with Crippen molar-refractivity contribution in [3.63, 3.8) is 0 Å². The lowest BCUT2D eigenvalue weighted by Gasteiger charge is -2.12. The Balaban J connectivity index is 1.78. The molecule has 0 aliphatic carbocycles. The molecule has 11 heteroatoms. The number of nitrogens with zero attached hydrogens (tertiary/aromatic N) is 2. The number of rotatable bonds is 7. The number of amidine groups is 1. The highest BCUT2D eigenvalue weighted by atomic mass is 79.9. The Hall–Kier alpha value is -3.44. The van der Waals surface area contributed by atoms with Crippen LogP contribution in [0.4, 0.5) is 0 Å². The van der Waals surface area contributed by atoms with Crippen LogP contribution in [0.5, 0.6) is 11.5 Å². The number of carbonyl (C=O) groups is 3. The average Bonchev–Trinajstić information content (AvgIpc) is 3.15. The zero-order valence-corrected chi connectivity index (χ0v) is 19.9. The largest absolute Gasteiger partial charge is 0.490 e. The van der Waals surface area contributed by atoms with Gasteiger partial charge in [-0.25, -0.2) is 9.59 Å². The van der Waals surface area contributed by atoms with Crippen LogP contribution >= 0.6 is 27.7 Å². The van der Waals surface area contributed by atoms with Crippen LogP contribution in [0.25, 0.3) is 0 Å². The van der Waals surface area contributed by atoms with E-state index in [9.17, 15) is 14.4 Å². The first kappa shape index (κ1) is 24.2. The number of methoxy groups -OCH3 is 1. The van der Waals surface area contributed by atoms with E-state index in [0.717, 1.165) is 17.8 Å². The molecule has 1 amide bonds. The Morgan fingerprint density at radius 1 is 1.18 bits per heavy atom. The molecule has 33 heavy (non-hydrogen) atoms. The molecule has 1 N–H and O–H groups in total. The second-order valence-corrected chi connectivity index (χ2v) is 8.13. The van der Waals surface area contributed by atoms with E-state index in [1.54, 1.807) is 36.4 Å². The summed E-state index contributed by atoms with van der Waals surface area (Å²) in [5.41, 5.74) is 1.01. The van der Waals surface area contributed by atoms with E-state index in [4.69, 9.17) is 9.47 Å². The highest BCUT2D eigenvalue weighted by molar-refractivity contribution is 9.10. The van der Waals surface area contributed by atoms with Crippen LogP contribution < -0.4 is 14.8 Å². The van der Waals surface area contributed by atoms with E-state index in [-0.39, 0.29) is 15.8 Å². The van der Waals surface area contributed by atoms with Gasteiger partial charge in [0.25, 0.3) is 5.91 Å². The minimum Gasteiger partial charge on any atom is -0.490 e. The molecule has 1 heterocycles. The molecule has 0 spiro atoms. The molecular weight excluding hydrogens is 514 g/mol. The normalized spacial score (nSPS) is 15.7. The Bertz CT molecular complexity index is 1160. The van der Waals surface area contributed by atoms with Gasteiger partial charge in [0, 0.05) is 16.1 Å². The standard InChI is InChI=1S/C22H18BrN3O6S/c1-3-31-16-9-14(12-24-26-22-25-20(28)18(33-22)11-19(27)30-2)15(23)10-17(16)32-21(29)13-7-5-4-6-8-13/h4-12H,3H2,1-2H3,(H,25,26,28)/b18-11+,24-12?. The molecule has 170 valence electrons. The molecule has 3 rings (SSSR count). The van der Waals surface area contributed by atoms with Gasteiger partial charge in [-0.3, -0.25) is 10.1 Å². The SMILES string of the molecule is CCOc1cc(C=N/N=C2/NC(=O)/C(=C\C(=O)OC)S2)c(Br)cc1OC(=O)c1ccccc1. The smallest absolute Gasteiger partial charge is 0.343 e. The molecule has 9 nitrogen and oxygen atoms in total. The highest BCUT2D eigenvalue weighted by Crippen LogP contribution is 2.34. The number of carbonyl (C=O) groups excluding carboxylic acids is 3. The van der Waals surface area contributed by atoms with E-state index >= 15 is 0 Å². The summed E-state index contributed by atoms with van der Waals surface area (Å²) in [6.45, 7) is 2.17. The lowest BCUT2D eigenvalue weighted by molar-refractivity contribution is -0.135. The Morgan fingerprint density at radius 3 is 2.64 bits per heavy atom. The van der Waals surface area contributed by atoms with Gasteiger partial charge in [0.15, 0.2) is 16.7 Å². The topological polar surface area (TPSA) is 116 Å². The molecule has 2 aromatic rings. The van der Waals surface area contributed by atoms with Crippen molar-refractivity contribution in [1.82, 2.24) is 5.32 Å². The van der Waals surface area contributed by atoms with Crippen LogP contribution in [0.15, 0.2) is 68.1 Å². The highest BCUT2D eigenvalue weighted by Gasteiger charge is 2.25. The second-order valence-electron chi connectivity index (χ2n) is 6.25. The van der Waals surface area contributed by atoms with E-state index in [0.29, 0.717) is 28.0 Å². The fourth-order valence-electron chi connectivity index (χ4n) is 2.52. The van der Waals surface area contributed by atoms with E-state index < -0.39 is 17.8 Å². The lowest BCUT2D eigenvalue weighted by Crippen LogP contribution is -2.19. The summed E-state index contributed by atoms with van der Waals surface area (Å²) in [5.74, 6) is -1.02. The van der Waals surface area contributed by atoms with Gasteiger partial charge in [0.2, 0.25) is 0 Å². The summed E-state index contributed by atoms with van der Waals surface area (Å²) in [5, 5.41) is 10.7. The second kappa shape index (κ2) is 11.4. The third kappa shape index (κ3) is 6.53. The van der Waals surface area contributed by atoms with E-state index in [1.807, 2.05) is 13.0 Å². The van der Waals surface area contributed by atoms with Gasteiger partial charge in [0.05, 0.1) is 30.4 Å². The first-order valence-electron chi connectivity index (χ1n) is 9.54. The molecule has 0 radical (unpaired) electrons. The molecule has 1 saturated heterocycles. The van der Waals surface area contributed by atoms with Crippen molar-refractivity contribution in [1.29, 1.82) is 0 Å². The van der Waals surface area contributed by atoms with Gasteiger partial charge >= 0.3 is 11.9 Å². The molecule has 2 aromatic carbocycles. The number of hydrogen-bond acceptors (Lipinski definition) is 9. The molecule has 0 bridgehead atoms. The predicted octanol–water partition coefficient (Wildman–Crippen LogP) is 3.68. The molecule has 1 aliphatic heterocycles. The van der Waals surface area contributed by atoms with Crippen molar-refractivity contribution in [2.75, 3.05) is 13.7 Å². The monoisotopic (exact) mass is 531 g/mol. The molecule has 0 saturated carbocycles. The molecular formula is C22H18BrN3O6S. The van der Waals surface area contributed by atoms with Gasteiger partial charge in [0.1, 0.15) is 0 Å². The lowest BCUT2D eigenvalue weighted by atomic mass is 10.2. The molecule has 0 aromatic heterocycles. The summed E-state index contributed by atoms with van der Waals surface area (Å²) >= 11 is 4.39. The fraction of sp³-hybridized carbons (Fsp3) is 0.136. The third-order valence-corrected chi connectivity index (χ3v) is 5.61. The quantitative estimate of drug-likeness (QED) is 0.190. The summed E-state index contributed by atoms with van der Waals surface area (Å²) in [6, 6.07) is 11.9. The van der Waals surface area contributed by atoms with E-state index in [2.05, 4.69) is 36.2 Å². The number of esters is 2. The van der Waals surface area contributed by atoms with Crippen molar-refractivity contribution < 1.29 is 28.6 Å². The number of amides is 1. The first-order chi connectivity index (χ1) is 15.9. The fourth-order valence-corrected chi connectivity index (χ4v) is 3.68. The maximum absolute atomic E-state index is 12.4. The summed E-state index contributed by atoms with van der Waals surface area (Å²) in [4.78, 5) is 35.7. The van der Waals surface area contributed by atoms with Crippen molar-refractivity contribution >= 4 is 56.9 Å². The molecule has 1 fully saturated rings. The van der Waals surface area contributed by atoms with Crippen molar-refractivity contribution in [3.05, 3.63) is 69.0 Å². The van der Waals surface area contributed by atoms with Gasteiger partial charge in [-0.1, -0.05) is 18.2 Å². The van der Waals surface area contributed by atoms with Gasteiger partial charge in [-0.05, 0) is 58.9 Å². The number of ether oxygens (including phenoxy) is 3. The summed E-state index contributed by atoms with van der Waals surface area (Å²) in [6.07, 6.45) is 2.52. The summed E-state index contributed by atoms with van der Waals surface area (Å²) < 4.78 is 16.2. The number of halogens is 1. The van der Waals surface area contributed by atoms with Gasteiger partial charge in [-0.15, -0.1) is 5.10 Å². The van der Waals surface area contributed by atoms with Crippen LogP contribution in [0.3, 0.4) is 0 Å². The summed E-state index contributed by atoms with van der Waals surface area (Å²) in [7, 11) is 1.22. The van der Waals surface area contributed by atoms with Crippen LogP contribution in [0.1, 0.15) is 22.8 Å². The van der Waals surface area contributed by atoms with Crippen LogP contribution in [-0.4, -0.2) is 42.9 Å². The van der Waals surface area contributed by atoms with Crippen LogP contribution in [0.2, 0.25) is 0 Å². The van der Waals surface area contributed by atoms with Crippen LogP contribution in [-0.2, 0) is 14.3 Å². The Kier molecular flexibility index (Phi) is 8.39. The van der Waals surface area contributed by atoms with Gasteiger partial charge in [-0.2, -0.15) is 5.10 Å². The van der Waals surface area contributed by atoms with E-state index in [1.165, 1.54) is 13.3 Å². The van der Waals surface area contributed by atoms with Crippen molar-refractivity contribution in [3.8, 4) is 11.5 Å². The third-order valence-electron chi connectivity index (χ3n) is 4.02. The minimum atomic E-state index is -0.641. The number of thioether (sulfide) groups is 1.